The molecule has 0 saturated carbocycles. The number of rotatable bonds is 18. The van der Waals surface area contributed by atoms with Gasteiger partial charge >= 0.3 is 24.0 Å². The molecule has 1 spiro atoms. The molecule has 7 atom stereocenters. The van der Waals surface area contributed by atoms with Gasteiger partial charge in [0.1, 0.15) is 24.0 Å². The number of amides is 1. The van der Waals surface area contributed by atoms with Crippen LogP contribution in [0.15, 0.2) is 18.2 Å². The number of carbonyl (C=O) groups excluding carboxylic acids is 4. The summed E-state index contributed by atoms with van der Waals surface area (Å²) < 4.78 is 49.3. The van der Waals surface area contributed by atoms with E-state index in [1.165, 1.54) is 90.7 Å². The molecule has 4 bridgehead atoms. The first kappa shape index (κ1) is 56.8. The maximum absolute atomic E-state index is 15.4. The first-order valence-electron chi connectivity index (χ1n) is 28.2. The molecule has 7 aliphatic heterocycles. The zero-order valence-corrected chi connectivity index (χ0v) is 47.8. The SMILES string of the molecule is CCCCCCCCCCCCCCCC(=O)Oc1cc2c(cc1OC)[C@@]1(CS[C@@H]3c4c(OC(C)=O)c(C)c5c(c4[C@H](COC1=O)N1C3[C@H]3c4c(cc(C)c(OC)c4O)C[C@@H]([C@@H]1C#N)N3C(=O)OC(C)(C)C)OCO5)NCC2. The minimum atomic E-state index is -1.53. The summed E-state index contributed by atoms with van der Waals surface area (Å²) in [4.78, 5) is 60.7. The van der Waals surface area contributed by atoms with Crippen molar-refractivity contribution in [1.29, 1.82) is 5.26 Å². The van der Waals surface area contributed by atoms with Crippen LogP contribution < -0.4 is 33.7 Å². The lowest BCUT2D eigenvalue weighted by Crippen LogP contribution is -2.71. The van der Waals surface area contributed by atoms with Gasteiger partial charge in [0.05, 0.1) is 49.7 Å². The predicted molar refractivity (Wildman–Crippen MR) is 293 cm³/mol. The predicted octanol–water partition coefficient (Wildman–Crippen LogP) is 11.0. The molecule has 7 aliphatic rings. The van der Waals surface area contributed by atoms with Crippen LogP contribution in [0, 0.1) is 25.2 Å². The number of carbonyl (C=O) groups is 4. The molecule has 0 aliphatic carbocycles. The minimum absolute atomic E-state index is 0.00213. The molecule has 2 N–H and O–H groups in total. The number of nitrogens with one attached hydrogen (secondary N) is 1. The van der Waals surface area contributed by atoms with Gasteiger partial charge in [-0.1, -0.05) is 90.0 Å². The number of aromatic hydroxyl groups is 1. The number of aryl methyl sites for hydroxylation is 1. The van der Waals surface area contributed by atoms with E-state index < -0.39 is 64.6 Å². The van der Waals surface area contributed by atoms with Crippen molar-refractivity contribution in [3.63, 3.8) is 0 Å². The fourth-order valence-electron chi connectivity index (χ4n) is 13.0. The largest absolute Gasteiger partial charge is 0.504 e. The molecule has 10 rings (SSSR count). The molecule has 17 nitrogen and oxygen atoms in total. The Kier molecular flexibility index (Phi) is 17.4. The summed E-state index contributed by atoms with van der Waals surface area (Å²) in [6, 6.07) is 3.35. The van der Waals surface area contributed by atoms with Crippen LogP contribution in [-0.4, -0.2) is 103 Å². The molecule has 1 amide bonds. The van der Waals surface area contributed by atoms with Crippen molar-refractivity contribution in [3.05, 3.63) is 62.7 Å². The maximum atomic E-state index is 15.4. The molecule has 1 unspecified atom stereocenters. The number of piperazine rings is 1. The Morgan fingerprint density at radius 1 is 0.859 bits per heavy atom. The number of benzene rings is 3. The Bertz CT molecular complexity index is 2830. The Hall–Kier alpha value is -5.90. The van der Waals surface area contributed by atoms with Crippen LogP contribution in [0.1, 0.15) is 186 Å². The number of unbranched alkanes of at least 4 members (excludes halogenated alkanes) is 12. The Balaban J connectivity index is 1.09. The van der Waals surface area contributed by atoms with Crippen LogP contribution in [0.5, 0.6) is 40.2 Å². The van der Waals surface area contributed by atoms with E-state index in [1.54, 1.807) is 44.7 Å². The monoisotopic (exact) mass is 1090 g/mol. The van der Waals surface area contributed by atoms with E-state index in [1.807, 2.05) is 17.9 Å². The van der Waals surface area contributed by atoms with Gasteiger partial charge in [0.2, 0.25) is 6.79 Å². The fourth-order valence-corrected chi connectivity index (χ4v) is 14.7. The number of thioether (sulfide) groups is 1. The molecule has 78 heavy (non-hydrogen) atoms. The first-order valence-corrected chi connectivity index (χ1v) is 29.2. The summed E-state index contributed by atoms with van der Waals surface area (Å²) in [7, 11) is 2.97. The number of methoxy groups -OCH3 is 2. The summed E-state index contributed by atoms with van der Waals surface area (Å²) in [5.74, 6) is 0.0258. The van der Waals surface area contributed by atoms with Crippen LogP contribution in [0.2, 0.25) is 0 Å². The lowest BCUT2D eigenvalue weighted by Gasteiger charge is -2.62. The molecule has 0 aromatic heterocycles. The molecule has 3 aromatic carbocycles. The molecule has 3 aromatic rings. The third-order valence-corrected chi connectivity index (χ3v) is 17.9. The number of fused-ring (bicyclic) bond motifs is 9. The molecule has 0 radical (unpaired) electrons. The summed E-state index contributed by atoms with van der Waals surface area (Å²) in [5.41, 5.74) is 2.27. The molecular formula is C60H78N4O13S. The number of phenolic OH excluding ortho intramolecular Hbond substituents is 1. The highest BCUT2D eigenvalue weighted by molar-refractivity contribution is 7.99. The van der Waals surface area contributed by atoms with Crippen molar-refractivity contribution in [2.45, 2.75) is 198 Å². The van der Waals surface area contributed by atoms with Gasteiger partial charge < -0.3 is 43.0 Å². The molecule has 18 heteroatoms. The Morgan fingerprint density at radius 3 is 2.18 bits per heavy atom. The summed E-state index contributed by atoms with van der Waals surface area (Å²) in [6.07, 6.45) is 15.8. The van der Waals surface area contributed by atoms with Gasteiger partial charge in [0.25, 0.3) is 0 Å². The average Bonchev–Trinajstić information content (AvgIpc) is 3.92. The highest BCUT2D eigenvalue weighted by Gasteiger charge is 2.64. The van der Waals surface area contributed by atoms with Gasteiger partial charge in [-0.3, -0.25) is 24.7 Å². The van der Waals surface area contributed by atoms with Gasteiger partial charge in [0, 0.05) is 47.9 Å². The van der Waals surface area contributed by atoms with Crippen molar-refractivity contribution in [2.24, 2.45) is 0 Å². The van der Waals surface area contributed by atoms with E-state index in [4.69, 9.17) is 37.9 Å². The molecule has 422 valence electrons. The second kappa shape index (κ2) is 23.8. The van der Waals surface area contributed by atoms with Crippen LogP contribution >= 0.6 is 11.8 Å². The third-order valence-electron chi connectivity index (χ3n) is 16.4. The van der Waals surface area contributed by atoms with Crippen molar-refractivity contribution >= 4 is 35.8 Å². The summed E-state index contributed by atoms with van der Waals surface area (Å²) in [6.45, 7) is 12.4. The molecule has 2 fully saturated rings. The van der Waals surface area contributed by atoms with Gasteiger partial charge in [-0.25, -0.2) is 9.59 Å². The van der Waals surface area contributed by atoms with E-state index in [2.05, 4.69) is 18.3 Å². The number of hydrogen-bond acceptors (Lipinski definition) is 17. The van der Waals surface area contributed by atoms with Gasteiger partial charge in [-0.2, -0.15) is 5.26 Å². The van der Waals surface area contributed by atoms with Gasteiger partial charge in [-0.15, -0.1) is 11.8 Å². The number of hydrogen-bond donors (Lipinski definition) is 2. The van der Waals surface area contributed by atoms with Gasteiger partial charge in [0.15, 0.2) is 40.0 Å². The second-order valence-corrected chi connectivity index (χ2v) is 23.9. The highest BCUT2D eigenvalue weighted by Crippen LogP contribution is 2.65. The summed E-state index contributed by atoms with van der Waals surface area (Å²) in [5, 5.41) is 26.8. The van der Waals surface area contributed by atoms with Gasteiger partial charge in [-0.05, 0) is 88.3 Å². The molecular weight excluding hydrogens is 1020 g/mol. The van der Waals surface area contributed by atoms with E-state index >= 15 is 9.59 Å². The van der Waals surface area contributed by atoms with E-state index in [-0.39, 0.29) is 66.7 Å². The first-order chi connectivity index (χ1) is 37.5. The average molecular weight is 1100 g/mol. The van der Waals surface area contributed by atoms with E-state index in [0.29, 0.717) is 64.3 Å². The Morgan fingerprint density at radius 2 is 1.54 bits per heavy atom. The zero-order valence-electron chi connectivity index (χ0n) is 46.9. The quantitative estimate of drug-likeness (QED) is 0.0690. The lowest BCUT2D eigenvalue weighted by atomic mass is 9.71. The van der Waals surface area contributed by atoms with Crippen molar-refractivity contribution in [2.75, 3.05) is 39.9 Å². The fraction of sp³-hybridized carbons (Fsp3) is 0.617. The highest BCUT2D eigenvalue weighted by atomic mass is 32.2. The van der Waals surface area contributed by atoms with Crippen molar-refractivity contribution < 1.29 is 62.2 Å². The second-order valence-electron chi connectivity index (χ2n) is 22.8. The van der Waals surface area contributed by atoms with E-state index in [9.17, 15) is 20.0 Å². The number of nitrogens with zero attached hydrogens (tertiary/aromatic N) is 3. The zero-order chi connectivity index (χ0) is 55.6. The van der Waals surface area contributed by atoms with Crippen LogP contribution in [0.4, 0.5) is 4.79 Å². The molecule has 2 saturated heterocycles. The van der Waals surface area contributed by atoms with Crippen LogP contribution in [-0.2, 0) is 42.2 Å². The maximum Gasteiger partial charge on any atom is 0.411 e. The normalized spacial score (nSPS) is 23.7. The number of ether oxygens (including phenoxy) is 8. The lowest BCUT2D eigenvalue weighted by molar-refractivity contribution is -0.157. The van der Waals surface area contributed by atoms with Crippen LogP contribution in [0.25, 0.3) is 0 Å². The number of phenols is 1. The van der Waals surface area contributed by atoms with Crippen molar-refractivity contribution in [3.8, 4) is 46.3 Å². The Labute approximate surface area is 463 Å². The third kappa shape index (κ3) is 10.8. The minimum Gasteiger partial charge on any atom is -0.504 e. The number of esters is 3. The smallest absolute Gasteiger partial charge is 0.411 e. The number of nitriles is 1. The topological polar surface area (TPSA) is 205 Å². The van der Waals surface area contributed by atoms with Crippen molar-refractivity contribution in [1.82, 2.24) is 15.1 Å². The molecule has 7 heterocycles. The van der Waals surface area contributed by atoms with Crippen LogP contribution in [0.3, 0.4) is 0 Å². The summed E-state index contributed by atoms with van der Waals surface area (Å²) >= 11 is 1.36. The standard InChI is InChI=1S/C60H78N4O13S/c1-10-11-12-13-14-15-16-17-18-19-20-21-22-23-45(66)76-44-28-37-24-25-62-60(39(37)29-43(44)70-8)32-78-56-48-47(55-54(73-33-74-55)35(3)53(48)75-36(4)65)42(31-72-57(60)68)63-41(30-61)40-27-38-26-34(2)52(71-9)51(67)46(38)49(50(56)63)64(40)58(69)77-59(5,6)7/h26,28-29,40-42,49-50,56,62,67H,10-25,27,31-33H2,1-9H3/t40-,41-,42-,49+,50?,56+,60+/m0/s1. The van der Waals surface area contributed by atoms with E-state index in [0.717, 1.165) is 30.4 Å².